The van der Waals surface area contributed by atoms with Crippen molar-refractivity contribution in [1.82, 2.24) is 19.7 Å². The Morgan fingerprint density at radius 1 is 1.10 bits per heavy atom. The van der Waals surface area contributed by atoms with Crippen LogP contribution in [0, 0.1) is 0 Å². The number of pyridine rings is 1. The molecule has 0 saturated carbocycles. The van der Waals surface area contributed by atoms with Gasteiger partial charge in [-0.15, -0.1) is 13.2 Å². The van der Waals surface area contributed by atoms with E-state index in [-0.39, 0.29) is 11.3 Å². The van der Waals surface area contributed by atoms with Crippen molar-refractivity contribution in [3.05, 3.63) is 66.6 Å². The van der Waals surface area contributed by atoms with Crippen LogP contribution >= 0.6 is 0 Å². The van der Waals surface area contributed by atoms with Crippen LogP contribution in [0.25, 0.3) is 5.82 Å². The lowest BCUT2D eigenvalue weighted by Gasteiger charge is -2.29. The summed E-state index contributed by atoms with van der Waals surface area (Å²) >= 11 is 0. The molecule has 0 radical (unpaired) electrons. The molecule has 0 atom stereocenters. The van der Waals surface area contributed by atoms with E-state index in [2.05, 4.69) is 38.5 Å². The molecule has 158 valence electrons. The van der Waals surface area contributed by atoms with Crippen molar-refractivity contribution < 1.29 is 17.9 Å². The Hall–Kier alpha value is -3.07. The summed E-state index contributed by atoms with van der Waals surface area (Å²) in [5.74, 6) is 0.538. The van der Waals surface area contributed by atoms with Crippen molar-refractivity contribution in [1.29, 1.82) is 0 Å². The van der Waals surface area contributed by atoms with Gasteiger partial charge >= 0.3 is 6.36 Å². The SMILES string of the molecule is CC1(C)CN(c2ccc(OC(F)(F)F)cc2)CN1Cc1ccnc(-n2cccn2)c1. The van der Waals surface area contributed by atoms with Gasteiger partial charge in [-0.2, -0.15) is 5.10 Å². The lowest BCUT2D eigenvalue weighted by Crippen LogP contribution is -2.39. The van der Waals surface area contributed by atoms with Gasteiger partial charge in [0, 0.05) is 42.9 Å². The summed E-state index contributed by atoms with van der Waals surface area (Å²) in [6.45, 7) is 6.44. The molecule has 0 amide bonds. The summed E-state index contributed by atoms with van der Waals surface area (Å²) in [7, 11) is 0. The number of anilines is 1. The molecule has 3 heterocycles. The first-order chi connectivity index (χ1) is 14.2. The molecule has 1 aliphatic rings. The van der Waals surface area contributed by atoms with E-state index in [9.17, 15) is 13.2 Å². The van der Waals surface area contributed by atoms with Gasteiger partial charge in [0.1, 0.15) is 5.75 Å². The zero-order valence-corrected chi connectivity index (χ0v) is 16.7. The Morgan fingerprint density at radius 2 is 1.87 bits per heavy atom. The van der Waals surface area contributed by atoms with Crippen LogP contribution < -0.4 is 9.64 Å². The van der Waals surface area contributed by atoms with Gasteiger partial charge in [-0.25, -0.2) is 9.67 Å². The summed E-state index contributed by atoms with van der Waals surface area (Å²) in [5, 5.41) is 4.22. The Bertz CT molecular complexity index is 987. The Labute approximate surface area is 172 Å². The highest BCUT2D eigenvalue weighted by atomic mass is 19.4. The minimum atomic E-state index is -4.69. The minimum Gasteiger partial charge on any atom is -0.406 e. The Morgan fingerprint density at radius 3 is 2.53 bits per heavy atom. The van der Waals surface area contributed by atoms with E-state index in [1.807, 2.05) is 24.4 Å². The monoisotopic (exact) mass is 417 g/mol. The van der Waals surface area contributed by atoms with Crippen molar-refractivity contribution in [3.8, 4) is 11.6 Å². The molecular weight excluding hydrogens is 395 g/mol. The maximum atomic E-state index is 12.4. The van der Waals surface area contributed by atoms with Crippen LogP contribution in [0.1, 0.15) is 19.4 Å². The highest BCUT2D eigenvalue weighted by Crippen LogP contribution is 2.32. The topological polar surface area (TPSA) is 46.4 Å². The molecule has 0 spiro atoms. The fourth-order valence-corrected chi connectivity index (χ4v) is 3.62. The number of ether oxygens (including phenoxy) is 1. The van der Waals surface area contributed by atoms with E-state index in [1.165, 1.54) is 12.1 Å². The lowest BCUT2D eigenvalue weighted by molar-refractivity contribution is -0.274. The molecule has 0 bridgehead atoms. The largest absolute Gasteiger partial charge is 0.573 e. The van der Waals surface area contributed by atoms with E-state index in [1.54, 1.807) is 29.2 Å². The number of halogens is 3. The van der Waals surface area contributed by atoms with Crippen LogP contribution in [-0.4, -0.2) is 44.8 Å². The lowest BCUT2D eigenvalue weighted by atomic mass is 10.0. The quantitative estimate of drug-likeness (QED) is 0.622. The molecule has 30 heavy (non-hydrogen) atoms. The maximum Gasteiger partial charge on any atom is 0.573 e. The van der Waals surface area contributed by atoms with Crippen molar-refractivity contribution in [2.75, 3.05) is 18.1 Å². The van der Waals surface area contributed by atoms with E-state index in [0.29, 0.717) is 6.67 Å². The average Bonchev–Trinajstić information content (AvgIpc) is 3.30. The minimum absolute atomic E-state index is 0.115. The van der Waals surface area contributed by atoms with Crippen molar-refractivity contribution >= 4 is 5.69 Å². The first-order valence-corrected chi connectivity index (χ1v) is 9.50. The molecule has 9 heteroatoms. The summed E-state index contributed by atoms with van der Waals surface area (Å²) < 4.78 is 42.8. The summed E-state index contributed by atoms with van der Waals surface area (Å²) in [4.78, 5) is 8.84. The number of hydrogen-bond donors (Lipinski definition) is 0. The fraction of sp³-hybridized carbons (Fsp3) is 0.333. The van der Waals surface area contributed by atoms with E-state index < -0.39 is 6.36 Å². The number of rotatable bonds is 5. The third-order valence-electron chi connectivity index (χ3n) is 5.13. The third-order valence-corrected chi connectivity index (χ3v) is 5.13. The molecular formula is C21H22F3N5O. The molecule has 0 unspecified atom stereocenters. The second kappa shape index (κ2) is 7.64. The van der Waals surface area contributed by atoms with Crippen LogP contribution in [-0.2, 0) is 6.54 Å². The molecule has 6 nitrogen and oxygen atoms in total. The molecule has 1 aliphatic heterocycles. The number of alkyl halides is 3. The average molecular weight is 417 g/mol. The van der Waals surface area contributed by atoms with Gasteiger partial charge in [0.05, 0.1) is 6.67 Å². The smallest absolute Gasteiger partial charge is 0.406 e. The van der Waals surface area contributed by atoms with Gasteiger partial charge in [0.15, 0.2) is 5.82 Å². The van der Waals surface area contributed by atoms with Crippen LogP contribution in [0.2, 0.25) is 0 Å². The van der Waals surface area contributed by atoms with Gasteiger partial charge in [0.25, 0.3) is 0 Å². The standard InChI is InChI=1S/C21H22F3N5O/c1-20(2)14-27(17-4-6-18(7-5-17)30-21(22,23)24)15-28(20)13-16-8-10-25-19(12-16)29-11-3-9-26-29/h3-12H,13-15H2,1-2H3. The maximum absolute atomic E-state index is 12.4. The highest BCUT2D eigenvalue weighted by Gasteiger charge is 2.37. The Kier molecular flexibility index (Phi) is 5.15. The van der Waals surface area contributed by atoms with E-state index >= 15 is 0 Å². The first-order valence-electron chi connectivity index (χ1n) is 9.50. The van der Waals surface area contributed by atoms with Crippen LogP contribution in [0.15, 0.2) is 61.1 Å². The van der Waals surface area contributed by atoms with Crippen molar-refractivity contribution in [2.24, 2.45) is 0 Å². The number of nitrogens with zero attached hydrogens (tertiary/aromatic N) is 5. The normalized spacial score (nSPS) is 16.8. The zero-order chi connectivity index (χ0) is 21.4. The van der Waals surface area contributed by atoms with Gasteiger partial charge in [-0.1, -0.05) is 0 Å². The molecule has 1 fully saturated rings. The van der Waals surface area contributed by atoms with Gasteiger partial charge < -0.3 is 9.64 Å². The Balaban J connectivity index is 1.47. The summed E-state index contributed by atoms with van der Waals surface area (Å²) in [5.41, 5.74) is 1.85. The second-order valence-corrected chi connectivity index (χ2v) is 7.86. The molecule has 0 N–H and O–H groups in total. The third kappa shape index (κ3) is 4.56. The number of hydrogen-bond acceptors (Lipinski definition) is 5. The summed E-state index contributed by atoms with van der Waals surface area (Å²) in [6, 6.07) is 11.8. The molecule has 3 aromatic rings. The van der Waals surface area contributed by atoms with Crippen molar-refractivity contribution in [3.63, 3.8) is 0 Å². The molecule has 2 aromatic heterocycles. The molecule has 1 saturated heterocycles. The molecule has 1 aromatic carbocycles. The second-order valence-electron chi connectivity index (χ2n) is 7.86. The predicted octanol–water partition coefficient (Wildman–Crippen LogP) is 4.22. The molecule has 4 rings (SSSR count). The molecule has 0 aliphatic carbocycles. The predicted molar refractivity (Wildman–Crippen MR) is 106 cm³/mol. The van der Waals surface area contributed by atoms with E-state index in [4.69, 9.17) is 0 Å². The first kappa shape index (κ1) is 20.2. The van der Waals surface area contributed by atoms with Crippen LogP contribution in [0.3, 0.4) is 0 Å². The fourth-order valence-electron chi connectivity index (χ4n) is 3.62. The van der Waals surface area contributed by atoms with E-state index in [0.717, 1.165) is 30.2 Å². The summed E-state index contributed by atoms with van der Waals surface area (Å²) in [6.07, 6.45) is 0.640. The number of aromatic nitrogens is 3. The van der Waals surface area contributed by atoms with Gasteiger partial charge in [0.2, 0.25) is 0 Å². The highest BCUT2D eigenvalue weighted by molar-refractivity contribution is 5.50. The van der Waals surface area contributed by atoms with Crippen LogP contribution in [0.4, 0.5) is 18.9 Å². The van der Waals surface area contributed by atoms with Gasteiger partial charge in [-0.05, 0) is 61.9 Å². The zero-order valence-electron chi connectivity index (χ0n) is 16.7. The van der Waals surface area contributed by atoms with Gasteiger partial charge in [-0.3, -0.25) is 4.90 Å². The van der Waals surface area contributed by atoms with Crippen LogP contribution in [0.5, 0.6) is 5.75 Å². The van der Waals surface area contributed by atoms with Crippen molar-refractivity contribution in [2.45, 2.75) is 32.3 Å². The number of benzene rings is 1.